The fraction of sp³-hybridized carbons (Fsp3) is 0.235. The van der Waals surface area contributed by atoms with Gasteiger partial charge in [0.05, 0.1) is 6.10 Å². The van der Waals surface area contributed by atoms with Crippen molar-refractivity contribution < 1.29 is 9.90 Å². The fourth-order valence-corrected chi connectivity index (χ4v) is 1.99. The molecule has 4 N–H and O–H groups in total. The van der Waals surface area contributed by atoms with Gasteiger partial charge in [-0.05, 0) is 17.7 Å². The maximum Gasteiger partial charge on any atom is 0.319 e. The van der Waals surface area contributed by atoms with Crippen molar-refractivity contribution in [3.05, 3.63) is 66.2 Å². The number of hydrogen-bond donors (Lipinski definition) is 4. The minimum absolute atomic E-state index is 0.239. The molecule has 2 amide bonds. The summed E-state index contributed by atoms with van der Waals surface area (Å²) in [5.74, 6) is 0. The SMILES string of the molecule is O=C(NCCNC[C@@H](O)c1ccccc1)Nc1ccccc1. The molecule has 2 aromatic carbocycles. The Morgan fingerprint density at radius 2 is 1.59 bits per heavy atom. The highest BCUT2D eigenvalue weighted by Gasteiger charge is 2.05. The van der Waals surface area contributed by atoms with Crippen LogP contribution in [0.25, 0.3) is 0 Å². The lowest BCUT2D eigenvalue weighted by molar-refractivity contribution is 0.175. The van der Waals surface area contributed by atoms with E-state index in [0.717, 1.165) is 11.3 Å². The molecule has 0 fully saturated rings. The van der Waals surface area contributed by atoms with E-state index in [1.165, 1.54) is 0 Å². The zero-order valence-electron chi connectivity index (χ0n) is 12.3. The number of rotatable bonds is 7. The topological polar surface area (TPSA) is 73.4 Å². The highest BCUT2D eigenvalue weighted by atomic mass is 16.3. The molecule has 5 nitrogen and oxygen atoms in total. The van der Waals surface area contributed by atoms with Crippen molar-refractivity contribution in [1.29, 1.82) is 0 Å². The molecule has 0 unspecified atom stereocenters. The van der Waals surface area contributed by atoms with E-state index in [1.54, 1.807) is 0 Å². The predicted octanol–water partition coefficient (Wildman–Crippen LogP) is 2.13. The van der Waals surface area contributed by atoms with Crippen molar-refractivity contribution in [1.82, 2.24) is 10.6 Å². The lowest BCUT2D eigenvalue weighted by Crippen LogP contribution is -2.35. The van der Waals surface area contributed by atoms with Crippen molar-refractivity contribution in [2.45, 2.75) is 6.10 Å². The molecule has 0 aliphatic carbocycles. The molecule has 0 heterocycles. The van der Waals surface area contributed by atoms with Gasteiger partial charge in [0.2, 0.25) is 0 Å². The van der Waals surface area contributed by atoms with E-state index in [9.17, 15) is 9.90 Å². The van der Waals surface area contributed by atoms with Crippen LogP contribution in [0.5, 0.6) is 0 Å². The summed E-state index contributed by atoms with van der Waals surface area (Å²) in [7, 11) is 0. The number of urea groups is 1. The van der Waals surface area contributed by atoms with Gasteiger partial charge in [-0.1, -0.05) is 48.5 Å². The number of carbonyl (C=O) groups excluding carboxylic acids is 1. The first kappa shape index (κ1) is 16.0. The molecule has 2 rings (SSSR count). The molecule has 0 aliphatic rings. The smallest absolute Gasteiger partial charge is 0.319 e. The molecule has 0 radical (unpaired) electrons. The molecular formula is C17H21N3O2. The molecule has 0 bridgehead atoms. The molecule has 0 saturated heterocycles. The molecule has 22 heavy (non-hydrogen) atoms. The van der Waals surface area contributed by atoms with Crippen molar-refractivity contribution in [3.63, 3.8) is 0 Å². The third-order valence-electron chi connectivity index (χ3n) is 3.14. The van der Waals surface area contributed by atoms with E-state index in [4.69, 9.17) is 0 Å². The Bertz CT molecular complexity index is 561. The molecular weight excluding hydrogens is 278 g/mol. The second-order valence-corrected chi connectivity index (χ2v) is 4.88. The number of para-hydroxylation sites is 1. The number of aliphatic hydroxyl groups is 1. The summed E-state index contributed by atoms with van der Waals surface area (Å²) in [5, 5.41) is 18.6. The third-order valence-corrected chi connectivity index (χ3v) is 3.14. The molecule has 1 atom stereocenters. The summed E-state index contributed by atoms with van der Waals surface area (Å²) < 4.78 is 0. The lowest BCUT2D eigenvalue weighted by Gasteiger charge is -2.12. The van der Waals surface area contributed by atoms with Crippen LogP contribution in [0.1, 0.15) is 11.7 Å². The Hall–Kier alpha value is -2.37. The van der Waals surface area contributed by atoms with Crippen molar-refractivity contribution in [2.24, 2.45) is 0 Å². The van der Waals surface area contributed by atoms with Gasteiger partial charge in [-0.2, -0.15) is 0 Å². The van der Waals surface area contributed by atoms with Crippen molar-refractivity contribution in [3.8, 4) is 0 Å². The third kappa shape index (κ3) is 5.55. The summed E-state index contributed by atoms with van der Waals surface area (Å²) in [6.07, 6.45) is -0.542. The molecule has 0 aromatic heterocycles. The van der Waals surface area contributed by atoms with Crippen LogP contribution in [-0.4, -0.2) is 30.8 Å². The number of anilines is 1. The maximum absolute atomic E-state index is 11.6. The van der Waals surface area contributed by atoms with E-state index in [-0.39, 0.29) is 6.03 Å². The Morgan fingerprint density at radius 3 is 2.27 bits per heavy atom. The van der Waals surface area contributed by atoms with E-state index < -0.39 is 6.10 Å². The van der Waals surface area contributed by atoms with Gasteiger partial charge in [-0.25, -0.2) is 4.79 Å². The normalized spacial score (nSPS) is 11.7. The van der Waals surface area contributed by atoms with Gasteiger partial charge in [0.1, 0.15) is 0 Å². The Morgan fingerprint density at radius 1 is 0.955 bits per heavy atom. The minimum Gasteiger partial charge on any atom is -0.387 e. The quantitative estimate of drug-likeness (QED) is 0.592. The second-order valence-electron chi connectivity index (χ2n) is 4.88. The largest absolute Gasteiger partial charge is 0.387 e. The van der Waals surface area contributed by atoms with Crippen LogP contribution in [0, 0.1) is 0 Å². The maximum atomic E-state index is 11.6. The first-order chi connectivity index (χ1) is 10.8. The van der Waals surface area contributed by atoms with E-state index in [1.807, 2.05) is 60.7 Å². The first-order valence-electron chi connectivity index (χ1n) is 7.29. The highest BCUT2D eigenvalue weighted by molar-refractivity contribution is 5.89. The van der Waals surface area contributed by atoms with Crippen LogP contribution in [0.2, 0.25) is 0 Å². The number of aliphatic hydroxyl groups excluding tert-OH is 1. The number of amides is 2. The van der Waals surface area contributed by atoms with Crippen molar-refractivity contribution in [2.75, 3.05) is 25.0 Å². The molecule has 2 aromatic rings. The Balaban J connectivity index is 1.58. The van der Waals surface area contributed by atoms with Crippen LogP contribution in [0.3, 0.4) is 0 Å². The summed E-state index contributed by atoms with van der Waals surface area (Å²) >= 11 is 0. The van der Waals surface area contributed by atoms with Crippen LogP contribution < -0.4 is 16.0 Å². The molecule has 116 valence electrons. The first-order valence-corrected chi connectivity index (χ1v) is 7.29. The summed E-state index contributed by atoms with van der Waals surface area (Å²) in [4.78, 5) is 11.6. The van der Waals surface area contributed by atoms with Gasteiger partial charge in [-0.15, -0.1) is 0 Å². The number of benzene rings is 2. The molecule has 0 saturated carbocycles. The summed E-state index contributed by atoms with van der Waals surface area (Å²) in [6, 6.07) is 18.5. The van der Waals surface area contributed by atoms with Gasteiger partial charge in [0, 0.05) is 25.3 Å². The zero-order valence-corrected chi connectivity index (χ0v) is 12.3. The van der Waals surface area contributed by atoms with Gasteiger partial charge in [0.25, 0.3) is 0 Å². The summed E-state index contributed by atoms with van der Waals surface area (Å²) in [6.45, 7) is 1.53. The van der Waals surface area contributed by atoms with Gasteiger partial charge >= 0.3 is 6.03 Å². The fourth-order valence-electron chi connectivity index (χ4n) is 1.99. The van der Waals surface area contributed by atoms with Crippen LogP contribution >= 0.6 is 0 Å². The average molecular weight is 299 g/mol. The van der Waals surface area contributed by atoms with Crippen LogP contribution in [-0.2, 0) is 0 Å². The molecule has 0 aliphatic heterocycles. The van der Waals surface area contributed by atoms with E-state index in [0.29, 0.717) is 19.6 Å². The highest BCUT2D eigenvalue weighted by Crippen LogP contribution is 2.10. The van der Waals surface area contributed by atoms with Gasteiger partial charge in [-0.3, -0.25) is 0 Å². The van der Waals surface area contributed by atoms with Crippen molar-refractivity contribution >= 4 is 11.7 Å². The minimum atomic E-state index is -0.542. The lowest BCUT2D eigenvalue weighted by atomic mass is 10.1. The standard InChI is InChI=1S/C17H21N3O2/c21-16(14-7-3-1-4-8-14)13-18-11-12-19-17(22)20-15-9-5-2-6-10-15/h1-10,16,18,21H,11-13H2,(H2,19,20,22)/t16-/m1/s1. The zero-order chi connectivity index (χ0) is 15.6. The number of nitrogens with one attached hydrogen (secondary N) is 3. The Labute approximate surface area is 130 Å². The second kappa shape index (κ2) is 8.81. The van der Waals surface area contributed by atoms with E-state index in [2.05, 4.69) is 16.0 Å². The summed E-state index contributed by atoms with van der Waals surface area (Å²) in [5.41, 5.74) is 1.64. The predicted molar refractivity (Wildman–Crippen MR) is 87.7 cm³/mol. The molecule has 5 heteroatoms. The number of carbonyl (C=O) groups is 1. The number of hydrogen-bond acceptors (Lipinski definition) is 3. The van der Waals surface area contributed by atoms with E-state index >= 15 is 0 Å². The van der Waals surface area contributed by atoms with Gasteiger partial charge < -0.3 is 21.1 Å². The monoisotopic (exact) mass is 299 g/mol. The van der Waals surface area contributed by atoms with Gasteiger partial charge in [0.15, 0.2) is 0 Å². The average Bonchev–Trinajstić information content (AvgIpc) is 2.56. The molecule has 0 spiro atoms. The van der Waals surface area contributed by atoms with Crippen LogP contribution in [0.4, 0.5) is 10.5 Å². The van der Waals surface area contributed by atoms with Crippen LogP contribution in [0.15, 0.2) is 60.7 Å². The Kier molecular flexibility index (Phi) is 6.41.